The Balaban J connectivity index is 1.42. The van der Waals surface area contributed by atoms with E-state index in [1.807, 2.05) is 30.3 Å². The quantitative estimate of drug-likeness (QED) is 0.390. The molecule has 39 heavy (non-hydrogen) atoms. The van der Waals surface area contributed by atoms with Crippen molar-refractivity contribution in [2.75, 3.05) is 18.4 Å². The fraction of sp³-hybridized carbons (Fsp3) is 0.214. The number of primary amides is 1. The Morgan fingerprint density at radius 2 is 1.87 bits per heavy atom. The van der Waals surface area contributed by atoms with E-state index >= 15 is 0 Å². The van der Waals surface area contributed by atoms with Gasteiger partial charge in [-0.15, -0.1) is 0 Å². The predicted octanol–water partition coefficient (Wildman–Crippen LogP) is 3.82. The van der Waals surface area contributed by atoms with Gasteiger partial charge in [0.2, 0.25) is 11.8 Å². The maximum absolute atomic E-state index is 14.2. The molecule has 0 saturated carbocycles. The Hall–Kier alpha value is -4.57. The molecule has 6 rings (SSSR count). The van der Waals surface area contributed by atoms with Crippen LogP contribution in [0.3, 0.4) is 0 Å². The van der Waals surface area contributed by atoms with Crippen LogP contribution < -0.4 is 16.8 Å². The maximum Gasteiger partial charge on any atom is 0.420 e. The zero-order valence-electron chi connectivity index (χ0n) is 20.6. The highest BCUT2D eigenvalue weighted by molar-refractivity contribution is 6.30. The third-order valence-corrected chi connectivity index (χ3v) is 7.54. The number of hydrogen-bond acceptors (Lipinski definition) is 6. The van der Waals surface area contributed by atoms with Crippen LogP contribution in [0.5, 0.6) is 0 Å². The number of carbonyl (C=O) groups excluding carboxylic acids is 3. The highest BCUT2D eigenvalue weighted by Gasteiger charge is 2.49. The van der Waals surface area contributed by atoms with Gasteiger partial charge in [0.05, 0.1) is 17.7 Å². The molecule has 3 amide bonds. The van der Waals surface area contributed by atoms with Gasteiger partial charge < -0.3 is 19.8 Å². The monoisotopic (exact) mass is 546 g/mol. The average Bonchev–Trinajstić information content (AvgIpc) is 3.48. The second kappa shape index (κ2) is 9.32. The van der Waals surface area contributed by atoms with Gasteiger partial charge in [0.15, 0.2) is 11.2 Å². The number of oxazole rings is 1. The summed E-state index contributed by atoms with van der Waals surface area (Å²) in [6.45, 7) is 0.357. The van der Waals surface area contributed by atoms with E-state index in [4.69, 9.17) is 26.5 Å². The molecule has 1 aromatic heterocycles. The lowest BCUT2D eigenvalue weighted by atomic mass is 9.90. The van der Waals surface area contributed by atoms with Gasteiger partial charge in [0, 0.05) is 35.5 Å². The van der Waals surface area contributed by atoms with Gasteiger partial charge >= 0.3 is 11.8 Å². The molecule has 2 aliphatic heterocycles. The number of benzene rings is 3. The largest absolute Gasteiger partial charge is 0.436 e. The molecule has 10 nitrogen and oxygen atoms in total. The summed E-state index contributed by atoms with van der Waals surface area (Å²) < 4.78 is 12.5. The second-order valence-corrected chi connectivity index (χ2v) is 10.1. The molecular weight excluding hydrogens is 524 g/mol. The summed E-state index contributed by atoms with van der Waals surface area (Å²) >= 11 is 6.26. The normalized spacial score (nSPS) is 19.0. The van der Waals surface area contributed by atoms with Gasteiger partial charge in [-0.3, -0.25) is 19.5 Å². The molecule has 0 radical (unpaired) electrons. The molecule has 4 aromatic rings. The van der Waals surface area contributed by atoms with Gasteiger partial charge in [0.1, 0.15) is 6.04 Å². The van der Waals surface area contributed by atoms with Crippen molar-refractivity contribution < 1.29 is 23.5 Å². The lowest BCUT2D eigenvalue weighted by molar-refractivity contribution is -0.134. The second-order valence-electron chi connectivity index (χ2n) is 9.70. The topological polar surface area (TPSA) is 137 Å². The number of fused-ring (bicyclic) bond motifs is 3. The maximum atomic E-state index is 14.2. The SMILES string of the molecule is NC(=O)c1ccc2oc(=O)n([C@@H](Cc3ccccc3)C(=O)N3CCC4(C3)OC(=O)Nc3ccc(Cl)cc34)c2c1. The van der Waals surface area contributed by atoms with Crippen molar-refractivity contribution in [1.29, 1.82) is 0 Å². The van der Waals surface area contributed by atoms with Crippen LogP contribution in [-0.4, -0.2) is 40.5 Å². The molecule has 0 bridgehead atoms. The molecule has 0 aliphatic carbocycles. The summed E-state index contributed by atoms with van der Waals surface area (Å²) in [6, 6.07) is 17.8. The number of halogens is 1. The van der Waals surface area contributed by atoms with Gasteiger partial charge in [-0.2, -0.15) is 0 Å². The van der Waals surface area contributed by atoms with Crippen molar-refractivity contribution in [2.45, 2.75) is 24.5 Å². The van der Waals surface area contributed by atoms with E-state index in [0.29, 0.717) is 22.7 Å². The lowest BCUT2D eigenvalue weighted by Crippen LogP contribution is -2.44. The third-order valence-electron chi connectivity index (χ3n) is 7.31. The number of hydrogen-bond donors (Lipinski definition) is 2. The minimum Gasteiger partial charge on any atom is -0.436 e. The molecule has 11 heteroatoms. The van der Waals surface area contributed by atoms with Gasteiger partial charge in [-0.25, -0.2) is 9.59 Å². The van der Waals surface area contributed by atoms with E-state index in [1.165, 1.54) is 22.8 Å². The molecule has 1 saturated heterocycles. The van der Waals surface area contributed by atoms with Crippen molar-refractivity contribution in [3.8, 4) is 0 Å². The molecule has 3 heterocycles. The first-order valence-corrected chi connectivity index (χ1v) is 12.7. The van der Waals surface area contributed by atoms with Crippen molar-refractivity contribution in [3.05, 3.63) is 99.0 Å². The van der Waals surface area contributed by atoms with Crippen molar-refractivity contribution >= 4 is 46.3 Å². The smallest absolute Gasteiger partial charge is 0.420 e. The predicted molar refractivity (Wildman–Crippen MR) is 143 cm³/mol. The van der Waals surface area contributed by atoms with E-state index in [1.54, 1.807) is 23.1 Å². The van der Waals surface area contributed by atoms with Gasteiger partial charge in [-0.1, -0.05) is 41.9 Å². The number of likely N-dealkylation sites (tertiary alicyclic amines) is 1. The van der Waals surface area contributed by atoms with E-state index in [0.717, 1.165) is 5.56 Å². The van der Waals surface area contributed by atoms with E-state index < -0.39 is 29.4 Å². The zero-order chi connectivity index (χ0) is 27.3. The Bertz CT molecular complexity index is 1700. The molecule has 3 N–H and O–H groups in total. The number of ether oxygens (including phenoxy) is 1. The first-order valence-electron chi connectivity index (χ1n) is 12.3. The Labute approximate surface area is 226 Å². The average molecular weight is 547 g/mol. The fourth-order valence-electron chi connectivity index (χ4n) is 5.46. The Kier molecular flexibility index (Phi) is 5.91. The number of nitrogens with two attached hydrogens (primary N) is 1. The summed E-state index contributed by atoms with van der Waals surface area (Å²) in [5.74, 6) is -1.77. The van der Waals surface area contributed by atoms with Crippen LogP contribution >= 0.6 is 11.6 Å². The van der Waals surface area contributed by atoms with Crippen LogP contribution in [0, 0.1) is 0 Å². The third kappa shape index (κ3) is 4.32. The Morgan fingerprint density at radius 3 is 2.64 bits per heavy atom. The summed E-state index contributed by atoms with van der Waals surface area (Å²) in [5, 5.41) is 3.16. The minimum absolute atomic E-state index is 0.0783. The molecule has 2 aliphatic rings. The van der Waals surface area contributed by atoms with E-state index in [9.17, 15) is 19.2 Å². The molecule has 3 aromatic carbocycles. The summed E-state index contributed by atoms with van der Waals surface area (Å²) in [4.78, 5) is 53.2. The molecular formula is C28H23ClN4O6. The zero-order valence-corrected chi connectivity index (χ0v) is 21.3. The summed E-state index contributed by atoms with van der Waals surface area (Å²) in [5.41, 5.74) is 7.15. The first-order chi connectivity index (χ1) is 18.7. The highest BCUT2D eigenvalue weighted by atomic mass is 35.5. The molecule has 198 valence electrons. The van der Waals surface area contributed by atoms with Crippen molar-refractivity contribution in [1.82, 2.24) is 9.47 Å². The van der Waals surface area contributed by atoms with Crippen LogP contribution in [0.1, 0.15) is 33.9 Å². The number of nitrogens with zero attached hydrogens (tertiary/aromatic N) is 2. The molecule has 1 unspecified atom stereocenters. The minimum atomic E-state index is -1.09. The summed E-state index contributed by atoms with van der Waals surface area (Å²) in [7, 11) is 0. The van der Waals surface area contributed by atoms with E-state index in [-0.39, 0.29) is 42.1 Å². The van der Waals surface area contributed by atoms with Crippen LogP contribution in [0.4, 0.5) is 10.5 Å². The highest BCUT2D eigenvalue weighted by Crippen LogP contribution is 2.44. The van der Waals surface area contributed by atoms with Crippen LogP contribution in [0.2, 0.25) is 5.02 Å². The van der Waals surface area contributed by atoms with Crippen molar-refractivity contribution in [3.63, 3.8) is 0 Å². The van der Waals surface area contributed by atoms with Crippen LogP contribution in [0.15, 0.2) is 75.9 Å². The van der Waals surface area contributed by atoms with Crippen molar-refractivity contribution in [2.24, 2.45) is 5.73 Å². The standard InChI is InChI=1S/C28H23ClN4O6/c29-18-7-8-20-19(14-18)28(39-26(36)31-20)10-11-32(15-28)25(35)22(12-16-4-2-1-3-5-16)33-21-13-17(24(30)34)6-9-23(21)38-27(33)37/h1-9,13-14,22H,10-12,15H2,(H2,30,34)(H,31,36)/t22-,28?/m0/s1. The number of carbonyl (C=O) groups is 3. The fourth-order valence-corrected chi connectivity index (χ4v) is 5.63. The number of aromatic nitrogens is 1. The Morgan fingerprint density at radius 1 is 1.08 bits per heavy atom. The summed E-state index contributed by atoms with van der Waals surface area (Å²) in [6.07, 6.45) is -0.0804. The van der Waals surface area contributed by atoms with Crippen LogP contribution in [-0.2, 0) is 21.6 Å². The number of amides is 3. The lowest BCUT2D eigenvalue weighted by Gasteiger charge is -2.35. The molecule has 2 atom stereocenters. The van der Waals surface area contributed by atoms with E-state index in [2.05, 4.69) is 5.32 Å². The number of rotatable bonds is 5. The number of anilines is 1. The van der Waals surface area contributed by atoms with Gasteiger partial charge in [0.25, 0.3) is 0 Å². The molecule has 1 spiro atoms. The first kappa shape index (κ1) is 24.7. The molecule has 1 fully saturated rings. The van der Waals surface area contributed by atoms with Crippen LogP contribution in [0.25, 0.3) is 11.1 Å². The van der Waals surface area contributed by atoms with Gasteiger partial charge in [-0.05, 0) is 42.0 Å². The number of nitrogens with one attached hydrogen (secondary N) is 1.